The van der Waals surface area contributed by atoms with Gasteiger partial charge in [-0.2, -0.15) is 0 Å². The van der Waals surface area contributed by atoms with Crippen LogP contribution in [0.3, 0.4) is 0 Å². The fraction of sp³-hybridized carbons (Fsp3) is 0.529. The summed E-state index contributed by atoms with van der Waals surface area (Å²) in [5.74, 6) is -4.15. The van der Waals surface area contributed by atoms with E-state index in [1.54, 1.807) is 30.3 Å². The van der Waals surface area contributed by atoms with Crippen LogP contribution in [-0.4, -0.2) is 35.0 Å². The zero-order chi connectivity index (χ0) is 18.2. The van der Waals surface area contributed by atoms with Gasteiger partial charge < -0.3 is 16.2 Å². The highest BCUT2D eigenvalue weighted by atomic mass is 19.3. The molecular weight excluding hydrogens is 318 g/mol. The summed E-state index contributed by atoms with van der Waals surface area (Å²) in [6.45, 7) is 1.13. The molecule has 0 saturated carbocycles. The molecule has 0 heterocycles. The maximum absolute atomic E-state index is 13.9. The molecule has 1 aromatic rings. The highest BCUT2D eigenvalue weighted by molar-refractivity contribution is 5.77. The average Bonchev–Trinajstić information content (AvgIpc) is 2.52. The van der Waals surface area contributed by atoms with Gasteiger partial charge in [-0.3, -0.25) is 9.59 Å². The molecule has 0 saturated heterocycles. The van der Waals surface area contributed by atoms with Gasteiger partial charge in [0, 0.05) is 25.7 Å². The summed E-state index contributed by atoms with van der Waals surface area (Å²) < 4.78 is 27.9. The number of halogens is 2. The largest absolute Gasteiger partial charge is 0.394 e. The predicted octanol–water partition coefficient (Wildman–Crippen LogP) is 1.78. The lowest BCUT2D eigenvalue weighted by molar-refractivity contribution is -0.126. The van der Waals surface area contributed by atoms with Gasteiger partial charge in [0.1, 0.15) is 0 Å². The van der Waals surface area contributed by atoms with E-state index in [1.807, 2.05) is 0 Å². The van der Waals surface area contributed by atoms with Crippen LogP contribution in [0.4, 0.5) is 8.78 Å². The molecule has 1 aromatic carbocycles. The molecule has 0 spiro atoms. The van der Waals surface area contributed by atoms with Gasteiger partial charge >= 0.3 is 0 Å². The fourth-order valence-corrected chi connectivity index (χ4v) is 2.26. The van der Waals surface area contributed by atoms with E-state index in [9.17, 15) is 23.5 Å². The minimum atomic E-state index is -3.00. The third kappa shape index (κ3) is 7.50. The number of aliphatic hydroxyl groups excluding tert-OH is 1. The fourth-order valence-electron chi connectivity index (χ4n) is 2.26. The average molecular weight is 342 g/mol. The number of nitrogens with one attached hydrogen (secondary N) is 1. The van der Waals surface area contributed by atoms with Crippen LogP contribution in [0.15, 0.2) is 30.3 Å². The maximum Gasteiger partial charge on any atom is 0.252 e. The number of rotatable bonds is 10. The summed E-state index contributed by atoms with van der Waals surface area (Å²) in [6, 6.07) is 8.34. The smallest absolute Gasteiger partial charge is 0.252 e. The van der Waals surface area contributed by atoms with Crippen LogP contribution in [-0.2, 0) is 16.0 Å². The Labute approximate surface area is 140 Å². The van der Waals surface area contributed by atoms with Crippen LogP contribution in [0.2, 0.25) is 0 Å². The molecule has 134 valence electrons. The Morgan fingerprint density at radius 1 is 1.17 bits per heavy atom. The number of hydrogen-bond acceptors (Lipinski definition) is 3. The standard InChI is InChI=1S/C17H24F2N2O3/c1-16(12-22,9-7-14(20)23)21-15(24)8-10-17(18,19)11-13-5-3-2-4-6-13/h2-6,22H,7-12H2,1H3,(H2,20,23)(H,21,24)/t16-/m0/s1. The molecular formula is C17H24F2N2O3. The van der Waals surface area contributed by atoms with Gasteiger partial charge in [-0.25, -0.2) is 8.78 Å². The van der Waals surface area contributed by atoms with Gasteiger partial charge in [0.15, 0.2) is 0 Å². The van der Waals surface area contributed by atoms with Crippen LogP contribution < -0.4 is 11.1 Å². The molecule has 0 aromatic heterocycles. The molecule has 0 aliphatic carbocycles. The molecule has 4 N–H and O–H groups in total. The van der Waals surface area contributed by atoms with Crippen LogP contribution in [0.25, 0.3) is 0 Å². The Balaban J connectivity index is 2.50. The Kier molecular flexibility index (Phi) is 7.28. The Hall–Kier alpha value is -2.02. The summed E-state index contributed by atoms with van der Waals surface area (Å²) >= 11 is 0. The summed E-state index contributed by atoms with van der Waals surface area (Å²) in [7, 11) is 0. The van der Waals surface area contributed by atoms with E-state index in [1.165, 1.54) is 6.92 Å². The SMILES string of the molecule is C[C@@](CO)(CCC(N)=O)NC(=O)CCC(F)(F)Cc1ccccc1. The molecule has 1 rings (SSSR count). The van der Waals surface area contributed by atoms with Crippen molar-refractivity contribution in [1.82, 2.24) is 5.32 Å². The van der Waals surface area contributed by atoms with Crippen molar-refractivity contribution < 1.29 is 23.5 Å². The molecule has 0 fully saturated rings. The van der Waals surface area contributed by atoms with E-state index in [4.69, 9.17) is 5.73 Å². The molecule has 24 heavy (non-hydrogen) atoms. The van der Waals surface area contributed by atoms with E-state index in [-0.39, 0.29) is 19.3 Å². The van der Waals surface area contributed by atoms with Gasteiger partial charge in [0.05, 0.1) is 12.1 Å². The first-order valence-electron chi connectivity index (χ1n) is 7.78. The number of amides is 2. The van der Waals surface area contributed by atoms with Gasteiger partial charge in [0.25, 0.3) is 5.92 Å². The number of nitrogens with two attached hydrogens (primary N) is 1. The van der Waals surface area contributed by atoms with Crippen molar-refractivity contribution in [3.8, 4) is 0 Å². The summed E-state index contributed by atoms with van der Waals surface area (Å²) in [4.78, 5) is 22.7. The lowest BCUT2D eigenvalue weighted by atomic mass is 9.95. The summed E-state index contributed by atoms with van der Waals surface area (Å²) in [5.41, 5.74) is 4.49. The molecule has 7 heteroatoms. The highest BCUT2D eigenvalue weighted by Crippen LogP contribution is 2.25. The Morgan fingerprint density at radius 3 is 2.33 bits per heavy atom. The van der Waals surface area contributed by atoms with Gasteiger partial charge in [-0.05, 0) is 18.9 Å². The monoisotopic (exact) mass is 342 g/mol. The second-order valence-electron chi connectivity index (χ2n) is 6.25. The van der Waals surface area contributed by atoms with Gasteiger partial charge in [-0.15, -0.1) is 0 Å². The molecule has 1 atom stereocenters. The van der Waals surface area contributed by atoms with Crippen molar-refractivity contribution in [2.75, 3.05) is 6.61 Å². The quantitative estimate of drug-likeness (QED) is 0.605. The van der Waals surface area contributed by atoms with Gasteiger partial charge in [-0.1, -0.05) is 30.3 Å². The lowest BCUT2D eigenvalue weighted by Crippen LogP contribution is -2.49. The zero-order valence-corrected chi connectivity index (χ0v) is 13.7. The number of carbonyl (C=O) groups is 2. The van der Waals surface area contributed by atoms with Crippen molar-refractivity contribution >= 4 is 11.8 Å². The molecule has 0 radical (unpaired) electrons. The molecule has 5 nitrogen and oxygen atoms in total. The molecule has 0 aliphatic rings. The number of aliphatic hydroxyl groups is 1. The van der Waals surface area contributed by atoms with E-state index in [2.05, 4.69) is 5.32 Å². The first kappa shape index (κ1) is 20.0. The summed E-state index contributed by atoms with van der Waals surface area (Å²) in [5, 5.41) is 11.9. The second kappa shape index (κ2) is 8.73. The predicted molar refractivity (Wildman–Crippen MR) is 86.4 cm³/mol. The van der Waals surface area contributed by atoms with Gasteiger partial charge in [0.2, 0.25) is 11.8 Å². The molecule has 0 bridgehead atoms. The normalized spacial score (nSPS) is 14.0. The molecule has 0 unspecified atom stereocenters. The van der Waals surface area contributed by atoms with E-state index >= 15 is 0 Å². The lowest BCUT2D eigenvalue weighted by Gasteiger charge is -2.28. The first-order chi connectivity index (χ1) is 11.2. The van der Waals surface area contributed by atoms with E-state index in [0.29, 0.717) is 5.56 Å². The Morgan fingerprint density at radius 2 is 1.79 bits per heavy atom. The minimum absolute atomic E-state index is 0.0124. The van der Waals surface area contributed by atoms with Crippen LogP contribution in [0, 0.1) is 0 Å². The number of primary amides is 1. The number of alkyl halides is 2. The van der Waals surface area contributed by atoms with E-state index in [0.717, 1.165) is 0 Å². The van der Waals surface area contributed by atoms with Crippen molar-refractivity contribution in [3.05, 3.63) is 35.9 Å². The van der Waals surface area contributed by atoms with Crippen molar-refractivity contribution in [2.24, 2.45) is 5.73 Å². The van der Waals surface area contributed by atoms with Crippen molar-refractivity contribution in [1.29, 1.82) is 0 Å². The van der Waals surface area contributed by atoms with E-state index < -0.39 is 42.7 Å². The van der Waals surface area contributed by atoms with Crippen molar-refractivity contribution in [3.63, 3.8) is 0 Å². The third-order valence-electron chi connectivity index (χ3n) is 3.74. The zero-order valence-electron chi connectivity index (χ0n) is 13.7. The first-order valence-corrected chi connectivity index (χ1v) is 7.78. The van der Waals surface area contributed by atoms with Crippen LogP contribution in [0.1, 0.15) is 38.2 Å². The summed E-state index contributed by atoms with van der Waals surface area (Å²) in [6.07, 6.45) is -1.26. The minimum Gasteiger partial charge on any atom is -0.394 e. The maximum atomic E-state index is 13.9. The topological polar surface area (TPSA) is 92.4 Å². The molecule has 0 aliphatic heterocycles. The molecule has 2 amide bonds. The number of benzene rings is 1. The second-order valence-corrected chi connectivity index (χ2v) is 6.25. The Bertz CT molecular complexity index is 552. The number of hydrogen-bond donors (Lipinski definition) is 3. The van der Waals surface area contributed by atoms with Crippen LogP contribution >= 0.6 is 0 Å². The van der Waals surface area contributed by atoms with Crippen LogP contribution in [0.5, 0.6) is 0 Å². The highest BCUT2D eigenvalue weighted by Gasteiger charge is 2.31. The third-order valence-corrected chi connectivity index (χ3v) is 3.74. The van der Waals surface area contributed by atoms with Crippen molar-refractivity contribution in [2.45, 2.75) is 50.5 Å². The number of carbonyl (C=O) groups excluding carboxylic acids is 2.